The number of para-hydroxylation sites is 2. The number of carboxylic acids is 1. The lowest BCUT2D eigenvalue weighted by atomic mass is 9.85. The molecule has 1 aromatic heterocycles. The highest BCUT2D eigenvalue weighted by atomic mass is 19.3. The van der Waals surface area contributed by atoms with Crippen LogP contribution in [0.25, 0.3) is 11.0 Å². The highest BCUT2D eigenvalue weighted by Gasteiger charge is 2.47. The lowest BCUT2D eigenvalue weighted by Crippen LogP contribution is -2.57. The number of carboxylic acid groups (broad SMARTS) is 1. The second kappa shape index (κ2) is 10.8. The maximum absolute atomic E-state index is 15.5. The molecule has 2 bridgehead atoms. The summed E-state index contributed by atoms with van der Waals surface area (Å²) in [4.78, 5) is 48.3. The van der Waals surface area contributed by atoms with Crippen LogP contribution in [0.2, 0.25) is 0 Å². The van der Waals surface area contributed by atoms with Gasteiger partial charge in [0.15, 0.2) is 5.69 Å². The van der Waals surface area contributed by atoms with Crippen molar-refractivity contribution in [2.75, 3.05) is 13.2 Å². The van der Waals surface area contributed by atoms with Crippen LogP contribution in [0.5, 0.6) is 5.88 Å². The molecule has 11 nitrogen and oxygen atoms in total. The molecule has 2 aromatic rings. The molecule has 1 aromatic carbocycles. The van der Waals surface area contributed by atoms with Gasteiger partial charge in [-0.15, -0.1) is 0 Å². The fraction of sp³-hybridized carbons (Fsp3) is 0.536. The Kier molecular flexibility index (Phi) is 7.58. The summed E-state index contributed by atoms with van der Waals surface area (Å²) in [7, 11) is 0. The van der Waals surface area contributed by atoms with E-state index < -0.39 is 71.3 Å². The van der Waals surface area contributed by atoms with Crippen LogP contribution in [0, 0.1) is 5.41 Å². The zero-order valence-corrected chi connectivity index (χ0v) is 22.9. The summed E-state index contributed by atoms with van der Waals surface area (Å²) in [5.74, 6) is -6.03. The van der Waals surface area contributed by atoms with E-state index >= 15 is 8.78 Å². The first kappa shape index (κ1) is 28.7. The number of carbonyl (C=O) groups is 3. The van der Waals surface area contributed by atoms with Crippen LogP contribution < -0.4 is 10.1 Å². The molecule has 5 rings (SSSR count). The van der Waals surface area contributed by atoms with Gasteiger partial charge in [-0.1, -0.05) is 39.0 Å². The average Bonchev–Trinajstić information content (AvgIpc) is 3.32. The van der Waals surface area contributed by atoms with Crippen LogP contribution >= 0.6 is 0 Å². The van der Waals surface area contributed by atoms with Crippen molar-refractivity contribution >= 4 is 29.0 Å². The van der Waals surface area contributed by atoms with Crippen molar-refractivity contribution in [3.8, 4) is 5.88 Å². The Bertz CT molecular complexity index is 1380. The Hall–Kier alpha value is -3.87. The molecular formula is C28H32F2N4O7. The number of alkyl carbamates (subject to hydrolysis) is 1. The molecule has 1 saturated carbocycles. The Balaban J connectivity index is 1.55. The van der Waals surface area contributed by atoms with E-state index in [1.165, 1.54) is 0 Å². The summed E-state index contributed by atoms with van der Waals surface area (Å²) in [6.07, 6.45) is -0.275. The van der Waals surface area contributed by atoms with Crippen molar-refractivity contribution in [3.05, 3.63) is 42.1 Å². The van der Waals surface area contributed by atoms with Gasteiger partial charge in [0.1, 0.15) is 24.3 Å². The van der Waals surface area contributed by atoms with Gasteiger partial charge < -0.3 is 29.5 Å². The number of nitrogens with zero attached hydrogens (tertiary/aromatic N) is 3. The van der Waals surface area contributed by atoms with Gasteiger partial charge in [-0.3, -0.25) is 4.79 Å². The second-order valence-corrected chi connectivity index (χ2v) is 11.5. The standard InChI is InChI=1S/C28H32F2N4O7/c1-27(2,3)22-24(35)34-14-15(13-18(34)25(36)37)40-23-21(31-16-7-4-5-8-17(16)32-23)28(29,30)11-6-12-39-19-9-10-20(19)41-26(38)33-22/h4-8,11,15,18-20,22H,9-10,12-14H2,1-3H3,(H,33,38)(H,36,37)/t15-,18+,19-,20-,22-/m1/s1. The van der Waals surface area contributed by atoms with Gasteiger partial charge >= 0.3 is 18.0 Å². The maximum atomic E-state index is 15.5. The number of carbonyl (C=O) groups excluding carboxylic acids is 2. The summed E-state index contributed by atoms with van der Waals surface area (Å²) in [6.45, 7) is 4.78. The van der Waals surface area contributed by atoms with E-state index in [2.05, 4.69) is 15.3 Å². The smallest absolute Gasteiger partial charge is 0.408 e. The number of alkyl halides is 2. The van der Waals surface area contributed by atoms with Gasteiger partial charge in [-0.25, -0.2) is 19.6 Å². The molecule has 1 saturated heterocycles. The Morgan fingerprint density at radius 3 is 2.41 bits per heavy atom. The predicted molar refractivity (Wildman–Crippen MR) is 140 cm³/mol. The van der Waals surface area contributed by atoms with Gasteiger partial charge in [-0.2, -0.15) is 8.78 Å². The van der Waals surface area contributed by atoms with Gasteiger partial charge in [0.05, 0.1) is 30.3 Å². The average molecular weight is 575 g/mol. The first-order valence-electron chi connectivity index (χ1n) is 13.4. The van der Waals surface area contributed by atoms with E-state index in [4.69, 9.17) is 14.2 Å². The first-order valence-corrected chi connectivity index (χ1v) is 13.4. The van der Waals surface area contributed by atoms with Crippen molar-refractivity contribution in [2.24, 2.45) is 5.41 Å². The molecule has 0 radical (unpaired) electrons. The fourth-order valence-electron chi connectivity index (χ4n) is 5.12. The Morgan fingerprint density at radius 2 is 1.78 bits per heavy atom. The molecule has 13 heteroatoms. The Morgan fingerprint density at radius 1 is 1.10 bits per heavy atom. The van der Waals surface area contributed by atoms with Crippen LogP contribution in [0.4, 0.5) is 13.6 Å². The third-order valence-electron chi connectivity index (χ3n) is 7.48. The van der Waals surface area contributed by atoms with Crippen LogP contribution in [0.1, 0.15) is 45.7 Å². The molecule has 2 N–H and O–H groups in total. The number of hydrogen-bond donors (Lipinski definition) is 2. The van der Waals surface area contributed by atoms with Crippen molar-refractivity contribution < 1.29 is 42.5 Å². The minimum atomic E-state index is -3.62. The third-order valence-corrected chi connectivity index (χ3v) is 7.48. The summed E-state index contributed by atoms with van der Waals surface area (Å²) >= 11 is 0. The summed E-state index contributed by atoms with van der Waals surface area (Å²) < 4.78 is 48.1. The zero-order chi connectivity index (χ0) is 29.5. The number of ether oxygens (including phenoxy) is 3. The van der Waals surface area contributed by atoms with Gasteiger partial charge in [0, 0.05) is 6.42 Å². The number of aromatic nitrogens is 2. The first-order chi connectivity index (χ1) is 19.3. The van der Waals surface area contributed by atoms with Crippen LogP contribution in [0.15, 0.2) is 36.4 Å². The largest absolute Gasteiger partial charge is 0.480 e. The minimum absolute atomic E-state index is 0.167. The second-order valence-electron chi connectivity index (χ2n) is 11.5. The van der Waals surface area contributed by atoms with Gasteiger partial charge in [0.2, 0.25) is 11.8 Å². The van der Waals surface area contributed by atoms with Crippen molar-refractivity contribution in [1.29, 1.82) is 0 Å². The number of aliphatic carboxylic acids is 1. The third kappa shape index (κ3) is 5.95. The summed E-state index contributed by atoms with van der Waals surface area (Å²) in [6, 6.07) is 4.00. The number of amides is 2. The van der Waals surface area contributed by atoms with Crippen molar-refractivity contribution in [1.82, 2.24) is 20.2 Å². The number of fused-ring (bicyclic) bond motifs is 5. The SMILES string of the molecule is CC(C)(C)[C@@H]1NC(=O)O[C@@H]2CC[C@H]2OCC=CC(F)(F)c2nc3ccccc3nc2O[C@@H]2C[C@@H](C(=O)O)N(C2)C1=O. The van der Waals surface area contributed by atoms with Gasteiger partial charge in [-0.05, 0) is 36.5 Å². The number of hydrogen-bond acceptors (Lipinski definition) is 8. The molecule has 0 unspecified atom stereocenters. The molecule has 41 heavy (non-hydrogen) atoms. The monoisotopic (exact) mass is 574 g/mol. The number of allylic oxidation sites excluding steroid dienone is 1. The summed E-state index contributed by atoms with van der Waals surface area (Å²) in [5, 5.41) is 12.5. The molecule has 220 valence electrons. The van der Waals surface area contributed by atoms with E-state index in [0.29, 0.717) is 24.4 Å². The molecular weight excluding hydrogens is 542 g/mol. The molecule has 2 aliphatic heterocycles. The van der Waals surface area contributed by atoms with E-state index in [-0.39, 0.29) is 25.1 Å². The summed E-state index contributed by atoms with van der Waals surface area (Å²) in [5.41, 5.74) is -1.02. The highest BCUT2D eigenvalue weighted by molar-refractivity contribution is 5.90. The van der Waals surface area contributed by atoms with Crippen LogP contribution in [-0.4, -0.2) is 81.5 Å². The molecule has 0 spiro atoms. The molecule has 3 heterocycles. The molecule has 3 aliphatic rings. The normalized spacial score (nSPS) is 28.7. The van der Waals surface area contributed by atoms with E-state index in [0.717, 1.165) is 11.0 Å². The number of halogens is 2. The molecule has 5 atom stereocenters. The maximum Gasteiger partial charge on any atom is 0.408 e. The van der Waals surface area contributed by atoms with Crippen LogP contribution in [-0.2, 0) is 25.0 Å². The fourth-order valence-corrected chi connectivity index (χ4v) is 5.12. The van der Waals surface area contributed by atoms with E-state index in [1.807, 2.05) is 0 Å². The quantitative estimate of drug-likeness (QED) is 0.491. The lowest BCUT2D eigenvalue weighted by Gasteiger charge is -2.37. The molecule has 2 amide bonds. The van der Waals surface area contributed by atoms with E-state index in [1.54, 1.807) is 45.0 Å². The Labute approximate surface area is 234 Å². The predicted octanol–water partition coefficient (Wildman–Crippen LogP) is 3.41. The van der Waals surface area contributed by atoms with E-state index in [9.17, 15) is 19.5 Å². The number of nitrogens with one attached hydrogen (secondary N) is 1. The topological polar surface area (TPSA) is 140 Å². The lowest BCUT2D eigenvalue weighted by molar-refractivity contribution is -0.150. The van der Waals surface area contributed by atoms with Crippen molar-refractivity contribution in [3.63, 3.8) is 0 Å². The highest BCUT2D eigenvalue weighted by Crippen LogP contribution is 2.37. The minimum Gasteiger partial charge on any atom is -0.480 e. The number of rotatable bonds is 1. The van der Waals surface area contributed by atoms with Crippen molar-refractivity contribution in [2.45, 2.75) is 76.4 Å². The van der Waals surface area contributed by atoms with Crippen LogP contribution in [0.3, 0.4) is 0 Å². The van der Waals surface area contributed by atoms with Gasteiger partial charge in [0.25, 0.3) is 0 Å². The molecule has 1 aliphatic carbocycles. The zero-order valence-electron chi connectivity index (χ0n) is 22.9. The molecule has 2 fully saturated rings. The number of benzene rings is 1.